The summed E-state index contributed by atoms with van der Waals surface area (Å²) in [4.78, 5) is 16.9. The lowest BCUT2D eigenvalue weighted by Crippen LogP contribution is -2.43. The van der Waals surface area contributed by atoms with Crippen LogP contribution in [0.15, 0.2) is 30.6 Å². The first-order valence-electron chi connectivity index (χ1n) is 7.53. The van der Waals surface area contributed by atoms with E-state index in [-0.39, 0.29) is 11.8 Å². The lowest BCUT2D eigenvalue weighted by molar-refractivity contribution is -0.124. The second kappa shape index (κ2) is 4.31. The van der Waals surface area contributed by atoms with E-state index in [1.165, 1.54) is 0 Å². The van der Waals surface area contributed by atoms with E-state index in [9.17, 15) is 4.79 Å². The molecular formula is C16H20N4O. The van der Waals surface area contributed by atoms with Crippen LogP contribution in [0.25, 0.3) is 5.65 Å². The average molecular weight is 284 g/mol. The molecule has 2 N–H and O–H groups in total. The molecule has 4 rings (SSSR count). The first-order valence-corrected chi connectivity index (χ1v) is 7.53. The maximum absolute atomic E-state index is 12.5. The van der Waals surface area contributed by atoms with Crippen LogP contribution >= 0.6 is 0 Å². The number of piperidine rings is 1. The predicted molar refractivity (Wildman–Crippen MR) is 79.7 cm³/mol. The van der Waals surface area contributed by atoms with E-state index >= 15 is 0 Å². The van der Waals surface area contributed by atoms with Gasteiger partial charge >= 0.3 is 0 Å². The number of aromatic nitrogens is 2. The van der Waals surface area contributed by atoms with Gasteiger partial charge in [0, 0.05) is 12.1 Å². The molecule has 0 spiro atoms. The van der Waals surface area contributed by atoms with Crippen LogP contribution in [-0.4, -0.2) is 28.4 Å². The minimum absolute atomic E-state index is 0.183. The van der Waals surface area contributed by atoms with Crippen LogP contribution in [0, 0.1) is 17.8 Å². The van der Waals surface area contributed by atoms with Crippen molar-refractivity contribution in [3.63, 3.8) is 0 Å². The van der Waals surface area contributed by atoms with E-state index in [0.717, 1.165) is 24.4 Å². The molecule has 1 aliphatic heterocycles. The standard InChI is InChI=1S/C16H20N4O/c1-16(2,12-9-18-13-5-3-4-6-20(12)13)19-15(21)14-10-7-17-8-11(10)14/h3-6,9-11,14,17H,7-8H2,1-2H3,(H,19,21). The Kier molecular flexibility index (Phi) is 2.63. The monoisotopic (exact) mass is 284 g/mol. The highest BCUT2D eigenvalue weighted by Crippen LogP contribution is 2.49. The Labute approximate surface area is 123 Å². The maximum atomic E-state index is 12.5. The fourth-order valence-electron chi connectivity index (χ4n) is 3.66. The summed E-state index contributed by atoms with van der Waals surface area (Å²) in [5.41, 5.74) is 1.49. The van der Waals surface area contributed by atoms with Gasteiger partial charge < -0.3 is 15.0 Å². The zero-order chi connectivity index (χ0) is 14.6. The molecule has 2 aromatic rings. The van der Waals surface area contributed by atoms with Gasteiger partial charge in [0.15, 0.2) is 0 Å². The molecule has 1 aliphatic carbocycles. The summed E-state index contributed by atoms with van der Waals surface area (Å²) in [6.07, 6.45) is 3.84. The van der Waals surface area contributed by atoms with E-state index in [4.69, 9.17) is 0 Å². The molecule has 5 nitrogen and oxygen atoms in total. The molecule has 2 aromatic heterocycles. The lowest BCUT2D eigenvalue weighted by atomic mass is 10.0. The normalized spacial score (nSPS) is 27.6. The summed E-state index contributed by atoms with van der Waals surface area (Å²) >= 11 is 0. The van der Waals surface area contributed by atoms with E-state index in [1.54, 1.807) is 0 Å². The molecule has 0 aromatic carbocycles. The summed E-state index contributed by atoms with van der Waals surface area (Å²) in [6.45, 7) is 6.05. The van der Waals surface area contributed by atoms with Crippen molar-refractivity contribution < 1.29 is 4.79 Å². The van der Waals surface area contributed by atoms with Gasteiger partial charge in [-0.2, -0.15) is 0 Å². The van der Waals surface area contributed by atoms with E-state index in [2.05, 4.69) is 15.6 Å². The quantitative estimate of drug-likeness (QED) is 0.889. The van der Waals surface area contributed by atoms with E-state index < -0.39 is 5.54 Å². The van der Waals surface area contributed by atoms with Crippen LogP contribution in [0.4, 0.5) is 0 Å². The molecule has 110 valence electrons. The minimum atomic E-state index is -0.428. The number of hydrogen-bond donors (Lipinski definition) is 2. The maximum Gasteiger partial charge on any atom is 0.224 e. The lowest BCUT2D eigenvalue weighted by Gasteiger charge is -2.26. The molecule has 2 fully saturated rings. The zero-order valence-corrected chi connectivity index (χ0v) is 12.3. The molecule has 5 heteroatoms. The molecule has 1 saturated heterocycles. The third kappa shape index (κ3) is 1.95. The van der Waals surface area contributed by atoms with Crippen molar-refractivity contribution >= 4 is 11.6 Å². The third-order valence-corrected chi connectivity index (χ3v) is 4.89. The fourth-order valence-corrected chi connectivity index (χ4v) is 3.66. The largest absolute Gasteiger partial charge is 0.345 e. The molecule has 2 unspecified atom stereocenters. The number of nitrogens with one attached hydrogen (secondary N) is 2. The Morgan fingerprint density at radius 2 is 2.14 bits per heavy atom. The molecular weight excluding hydrogens is 264 g/mol. The average Bonchev–Trinajstić information content (AvgIpc) is 2.82. The van der Waals surface area contributed by atoms with Gasteiger partial charge in [-0.05, 0) is 50.9 Å². The van der Waals surface area contributed by atoms with Crippen molar-refractivity contribution in [2.24, 2.45) is 17.8 Å². The number of rotatable bonds is 3. The minimum Gasteiger partial charge on any atom is -0.345 e. The zero-order valence-electron chi connectivity index (χ0n) is 12.3. The Balaban J connectivity index is 1.57. The SMILES string of the molecule is CC(C)(NC(=O)C1C2CNCC21)c1cnc2ccccn12. The van der Waals surface area contributed by atoms with Crippen molar-refractivity contribution in [2.75, 3.05) is 13.1 Å². The molecule has 1 saturated carbocycles. The van der Waals surface area contributed by atoms with E-state index in [0.29, 0.717) is 11.8 Å². The number of hydrogen-bond acceptors (Lipinski definition) is 3. The Morgan fingerprint density at radius 3 is 2.90 bits per heavy atom. The molecule has 0 bridgehead atoms. The predicted octanol–water partition coefficient (Wildman–Crippen LogP) is 1.15. The molecule has 1 amide bonds. The van der Waals surface area contributed by atoms with Gasteiger partial charge in [0.05, 0.1) is 17.4 Å². The summed E-state index contributed by atoms with van der Waals surface area (Å²) in [5.74, 6) is 1.47. The second-order valence-electron chi connectivity index (χ2n) is 6.70. The van der Waals surface area contributed by atoms with Crippen molar-refractivity contribution in [3.8, 4) is 0 Å². The van der Waals surface area contributed by atoms with Crippen molar-refractivity contribution in [3.05, 3.63) is 36.3 Å². The number of fused-ring (bicyclic) bond motifs is 2. The topological polar surface area (TPSA) is 58.4 Å². The van der Waals surface area contributed by atoms with Crippen molar-refractivity contribution in [2.45, 2.75) is 19.4 Å². The van der Waals surface area contributed by atoms with Crippen LogP contribution in [0.1, 0.15) is 19.5 Å². The first kappa shape index (κ1) is 12.8. The van der Waals surface area contributed by atoms with Crippen LogP contribution in [0.2, 0.25) is 0 Å². The molecule has 21 heavy (non-hydrogen) atoms. The van der Waals surface area contributed by atoms with E-state index in [1.807, 2.05) is 48.8 Å². The van der Waals surface area contributed by atoms with Crippen LogP contribution < -0.4 is 10.6 Å². The summed E-state index contributed by atoms with van der Waals surface area (Å²) < 4.78 is 2.04. The van der Waals surface area contributed by atoms with Gasteiger partial charge in [-0.1, -0.05) is 6.07 Å². The molecule has 3 heterocycles. The first-order chi connectivity index (χ1) is 10.1. The number of pyridine rings is 1. The summed E-state index contributed by atoms with van der Waals surface area (Å²) in [7, 11) is 0. The number of nitrogens with zero attached hydrogens (tertiary/aromatic N) is 2. The summed E-state index contributed by atoms with van der Waals surface area (Å²) in [6, 6.07) is 5.92. The smallest absolute Gasteiger partial charge is 0.224 e. The number of imidazole rings is 1. The molecule has 2 atom stereocenters. The Hall–Kier alpha value is -1.88. The van der Waals surface area contributed by atoms with Crippen molar-refractivity contribution in [1.82, 2.24) is 20.0 Å². The Morgan fingerprint density at radius 1 is 1.38 bits per heavy atom. The van der Waals surface area contributed by atoms with Gasteiger partial charge in [-0.3, -0.25) is 4.79 Å². The molecule has 2 aliphatic rings. The highest BCUT2D eigenvalue weighted by atomic mass is 16.2. The highest BCUT2D eigenvalue weighted by Gasteiger charge is 2.57. The number of amides is 1. The van der Waals surface area contributed by atoms with Gasteiger partial charge in [0.25, 0.3) is 0 Å². The molecule has 0 radical (unpaired) electrons. The Bertz CT molecular complexity index is 695. The van der Waals surface area contributed by atoms with Crippen LogP contribution in [0.5, 0.6) is 0 Å². The van der Waals surface area contributed by atoms with Crippen LogP contribution in [0.3, 0.4) is 0 Å². The van der Waals surface area contributed by atoms with Gasteiger partial charge in [-0.15, -0.1) is 0 Å². The third-order valence-electron chi connectivity index (χ3n) is 4.89. The fraction of sp³-hybridized carbons (Fsp3) is 0.500. The van der Waals surface area contributed by atoms with Gasteiger partial charge in [-0.25, -0.2) is 4.98 Å². The van der Waals surface area contributed by atoms with Crippen molar-refractivity contribution in [1.29, 1.82) is 0 Å². The van der Waals surface area contributed by atoms with Gasteiger partial charge in [0.2, 0.25) is 5.91 Å². The summed E-state index contributed by atoms with van der Waals surface area (Å²) in [5, 5.41) is 6.54. The van der Waals surface area contributed by atoms with Gasteiger partial charge in [0.1, 0.15) is 5.65 Å². The highest BCUT2D eigenvalue weighted by molar-refractivity contribution is 5.83. The second-order valence-corrected chi connectivity index (χ2v) is 6.70. The number of carbonyl (C=O) groups is 1. The number of carbonyl (C=O) groups excluding carboxylic acids is 1. The van der Waals surface area contributed by atoms with Crippen LogP contribution in [-0.2, 0) is 10.3 Å².